The van der Waals surface area contributed by atoms with Gasteiger partial charge in [-0.05, 0) is 61.9 Å². The third-order valence-electron chi connectivity index (χ3n) is 6.80. The first kappa shape index (κ1) is 23.4. The van der Waals surface area contributed by atoms with Crippen molar-refractivity contribution in [2.45, 2.75) is 26.2 Å². The number of hydrogen-bond donors (Lipinski definition) is 2. The maximum Gasteiger partial charge on any atom is 0.407 e. The molecular formula is C27H32N4O4. The van der Waals surface area contributed by atoms with Crippen molar-refractivity contribution in [2.75, 3.05) is 44.4 Å². The second-order valence-corrected chi connectivity index (χ2v) is 9.57. The molecule has 35 heavy (non-hydrogen) atoms. The van der Waals surface area contributed by atoms with Gasteiger partial charge in [-0.25, -0.2) is 14.8 Å². The summed E-state index contributed by atoms with van der Waals surface area (Å²) in [6.07, 6.45) is 2.62. The topological polar surface area (TPSA) is 96.8 Å². The van der Waals surface area contributed by atoms with Crippen LogP contribution in [0.2, 0.25) is 0 Å². The van der Waals surface area contributed by atoms with Crippen LogP contribution in [0, 0.1) is 18.8 Å². The number of fused-ring (bicyclic) bond motifs is 1. The normalized spacial score (nSPS) is 20.2. The number of hydrogen-bond acceptors (Lipinski definition) is 7. The number of para-hydroxylation sites is 1. The third-order valence-corrected chi connectivity index (χ3v) is 6.80. The summed E-state index contributed by atoms with van der Waals surface area (Å²) in [6, 6.07) is 13.4. The van der Waals surface area contributed by atoms with E-state index in [0.29, 0.717) is 37.1 Å². The van der Waals surface area contributed by atoms with Gasteiger partial charge in [-0.15, -0.1) is 0 Å². The van der Waals surface area contributed by atoms with Gasteiger partial charge in [-0.3, -0.25) is 0 Å². The molecule has 2 saturated heterocycles. The number of phenols is 1. The minimum absolute atomic E-state index is 0.161. The number of ether oxygens (including phenoxy) is 2. The first-order chi connectivity index (χ1) is 17.1. The monoisotopic (exact) mass is 476 g/mol. The summed E-state index contributed by atoms with van der Waals surface area (Å²) in [6.45, 7) is 6.08. The van der Waals surface area contributed by atoms with Gasteiger partial charge in [0.05, 0.1) is 24.3 Å². The first-order valence-corrected chi connectivity index (χ1v) is 12.4. The van der Waals surface area contributed by atoms with E-state index < -0.39 is 0 Å². The van der Waals surface area contributed by atoms with Crippen LogP contribution in [0.4, 0.5) is 10.6 Å². The molecule has 1 unspecified atom stereocenters. The van der Waals surface area contributed by atoms with Crippen LogP contribution in [0.25, 0.3) is 22.3 Å². The van der Waals surface area contributed by atoms with Crippen LogP contribution in [-0.2, 0) is 9.47 Å². The molecule has 2 aromatic carbocycles. The van der Waals surface area contributed by atoms with Gasteiger partial charge in [-0.1, -0.05) is 18.2 Å². The molecule has 8 nitrogen and oxygen atoms in total. The number of carbonyl (C=O) groups excluding carboxylic acids is 1. The fraction of sp³-hybridized carbons (Fsp3) is 0.444. The van der Waals surface area contributed by atoms with Gasteiger partial charge in [0.15, 0.2) is 5.82 Å². The summed E-state index contributed by atoms with van der Waals surface area (Å²) in [7, 11) is 0. The molecule has 2 fully saturated rings. The molecule has 2 N–H and O–H groups in total. The van der Waals surface area contributed by atoms with E-state index in [1.807, 2.05) is 19.1 Å². The minimum Gasteiger partial charge on any atom is -0.507 e. The van der Waals surface area contributed by atoms with Crippen molar-refractivity contribution < 1.29 is 19.4 Å². The molecule has 184 valence electrons. The lowest BCUT2D eigenvalue weighted by atomic mass is 9.97. The number of amides is 1. The predicted molar refractivity (Wildman–Crippen MR) is 135 cm³/mol. The molecule has 5 rings (SSSR count). The summed E-state index contributed by atoms with van der Waals surface area (Å²) in [5, 5.41) is 14.3. The molecule has 0 spiro atoms. The van der Waals surface area contributed by atoms with Crippen LogP contribution in [0.5, 0.6) is 5.75 Å². The average Bonchev–Trinajstić information content (AvgIpc) is 3.40. The number of aromatic hydroxyl groups is 1. The lowest BCUT2D eigenvalue weighted by Crippen LogP contribution is -2.41. The Morgan fingerprint density at radius 2 is 2.09 bits per heavy atom. The van der Waals surface area contributed by atoms with Crippen molar-refractivity contribution >= 4 is 22.8 Å². The number of rotatable bonds is 6. The quantitative estimate of drug-likeness (QED) is 0.548. The molecule has 3 aromatic rings. The molecule has 3 heterocycles. The number of aryl methyl sites for hydroxylation is 1. The molecular weight excluding hydrogens is 444 g/mol. The smallest absolute Gasteiger partial charge is 0.407 e. The number of benzene rings is 2. The first-order valence-electron chi connectivity index (χ1n) is 12.4. The standard InChI is InChI=1S/C27H32N4O4/c1-18-8-9-21-23(13-18)29-25(22-6-2-3-7-24(22)32)30-26(21)31-11-4-5-19(15-31)14-28-27(33)35-17-20-10-12-34-16-20/h2-3,6-9,13,19-20,32H,4-5,10-12,14-17H2,1H3,(H,28,33)/t19-,20?/m1/s1. The summed E-state index contributed by atoms with van der Waals surface area (Å²) < 4.78 is 10.7. The van der Waals surface area contributed by atoms with Crippen molar-refractivity contribution in [3.05, 3.63) is 48.0 Å². The van der Waals surface area contributed by atoms with E-state index in [9.17, 15) is 9.90 Å². The highest BCUT2D eigenvalue weighted by atomic mass is 16.6. The zero-order chi connectivity index (χ0) is 24.2. The summed E-state index contributed by atoms with van der Waals surface area (Å²) in [4.78, 5) is 24.2. The summed E-state index contributed by atoms with van der Waals surface area (Å²) in [5.41, 5.74) is 2.59. The number of phenolic OH excluding ortho intramolecular Hbond substituents is 1. The van der Waals surface area contributed by atoms with Gasteiger partial charge < -0.3 is 24.8 Å². The number of nitrogens with zero attached hydrogens (tertiary/aromatic N) is 3. The van der Waals surface area contributed by atoms with E-state index >= 15 is 0 Å². The Morgan fingerprint density at radius 1 is 1.20 bits per heavy atom. The van der Waals surface area contributed by atoms with Crippen molar-refractivity contribution in [3.63, 3.8) is 0 Å². The molecule has 0 saturated carbocycles. The Morgan fingerprint density at radius 3 is 2.91 bits per heavy atom. The fourth-order valence-electron chi connectivity index (χ4n) is 4.86. The number of anilines is 1. The van der Waals surface area contributed by atoms with Gasteiger partial charge in [-0.2, -0.15) is 0 Å². The molecule has 8 heteroatoms. The molecule has 0 bridgehead atoms. The highest BCUT2D eigenvalue weighted by molar-refractivity contribution is 5.92. The van der Waals surface area contributed by atoms with Gasteiger partial charge in [0.25, 0.3) is 0 Å². The van der Waals surface area contributed by atoms with E-state index in [0.717, 1.165) is 61.2 Å². The van der Waals surface area contributed by atoms with Crippen LogP contribution in [0.15, 0.2) is 42.5 Å². The Hall–Kier alpha value is -3.39. The third kappa shape index (κ3) is 5.48. The Labute approximate surface area is 205 Å². The zero-order valence-corrected chi connectivity index (χ0v) is 20.1. The number of alkyl carbamates (subject to hydrolysis) is 1. The number of piperidine rings is 1. The molecule has 0 radical (unpaired) electrons. The van der Waals surface area contributed by atoms with Crippen LogP contribution >= 0.6 is 0 Å². The highest BCUT2D eigenvalue weighted by Crippen LogP contribution is 2.33. The van der Waals surface area contributed by atoms with Crippen molar-refractivity contribution in [3.8, 4) is 17.1 Å². The predicted octanol–water partition coefficient (Wildman–Crippen LogP) is 4.29. The van der Waals surface area contributed by atoms with Gasteiger partial charge in [0.2, 0.25) is 0 Å². The summed E-state index contributed by atoms with van der Waals surface area (Å²) in [5.74, 6) is 2.13. The number of nitrogens with one attached hydrogen (secondary N) is 1. The van der Waals surface area contributed by atoms with E-state index in [1.165, 1.54) is 0 Å². The van der Waals surface area contributed by atoms with Gasteiger partial charge in [0.1, 0.15) is 11.6 Å². The fourth-order valence-corrected chi connectivity index (χ4v) is 4.86. The summed E-state index contributed by atoms with van der Waals surface area (Å²) >= 11 is 0. The largest absolute Gasteiger partial charge is 0.507 e. The van der Waals surface area contributed by atoms with E-state index in [4.69, 9.17) is 19.4 Å². The van der Waals surface area contributed by atoms with E-state index in [1.54, 1.807) is 12.1 Å². The maximum atomic E-state index is 12.2. The molecule has 1 amide bonds. The number of carbonyl (C=O) groups is 1. The molecule has 1 aromatic heterocycles. The van der Waals surface area contributed by atoms with Gasteiger partial charge in [0, 0.05) is 37.5 Å². The van der Waals surface area contributed by atoms with Crippen LogP contribution < -0.4 is 10.2 Å². The molecule has 0 aliphatic carbocycles. The van der Waals surface area contributed by atoms with Crippen LogP contribution in [-0.4, -0.2) is 60.6 Å². The van der Waals surface area contributed by atoms with Crippen molar-refractivity contribution in [1.29, 1.82) is 0 Å². The Kier molecular flexibility index (Phi) is 6.99. The molecule has 2 atom stereocenters. The zero-order valence-electron chi connectivity index (χ0n) is 20.1. The van der Waals surface area contributed by atoms with Crippen LogP contribution in [0.1, 0.15) is 24.8 Å². The molecule has 2 aliphatic rings. The minimum atomic E-state index is -0.362. The maximum absolute atomic E-state index is 12.2. The van der Waals surface area contributed by atoms with Crippen molar-refractivity contribution in [2.24, 2.45) is 11.8 Å². The van der Waals surface area contributed by atoms with Gasteiger partial charge >= 0.3 is 6.09 Å². The van der Waals surface area contributed by atoms with Crippen molar-refractivity contribution in [1.82, 2.24) is 15.3 Å². The number of aromatic nitrogens is 2. The second kappa shape index (κ2) is 10.5. The molecule has 2 aliphatic heterocycles. The average molecular weight is 477 g/mol. The van der Waals surface area contributed by atoms with E-state index in [-0.39, 0.29) is 17.8 Å². The Balaban J connectivity index is 1.32. The van der Waals surface area contributed by atoms with E-state index in [2.05, 4.69) is 28.4 Å². The Bertz CT molecular complexity index is 1200. The lowest BCUT2D eigenvalue weighted by molar-refractivity contribution is 0.115. The lowest BCUT2D eigenvalue weighted by Gasteiger charge is -2.34. The second-order valence-electron chi connectivity index (χ2n) is 9.57. The SMILES string of the molecule is Cc1ccc2c(N3CCC[C@H](CNC(=O)OCC4CCOC4)C3)nc(-c3ccccc3O)nc2c1. The highest BCUT2D eigenvalue weighted by Gasteiger charge is 2.25. The van der Waals surface area contributed by atoms with Crippen LogP contribution in [0.3, 0.4) is 0 Å².